The van der Waals surface area contributed by atoms with E-state index >= 15 is 0 Å². The highest BCUT2D eigenvalue weighted by molar-refractivity contribution is 7.89. The van der Waals surface area contributed by atoms with Crippen LogP contribution in [0, 0.1) is 27.7 Å². The van der Waals surface area contributed by atoms with Gasteiger partial charge in [0.25, 0.3) is 0 Å². The van der Waals surface area contributed by atoms with Crippen molar-refractivity contribution in [2.45, 2.75) is 58.4 Å². The van der Waals surface area contributed by atoms with Crippen molar-refractivity contribution in [2.24, 2.45) is 0 Å². The first kappa shape index (κ1) is 28.9. The Labute approximate surface area is 224 Å². The van der Waals surface area contributed by atoms with Crippen LogP contribution in [0.3, 0.4) is 0 Å². The summed E-state index contributed by atoms with van der Waals surface area (Å²) in [5, 5.41) is 15.4. The van der Waals surface area contributed by atoms with Crippen molar-refractivity contribution in [3.05, 3.63) is 82.4 Å². The van der Waals surface area contributed by atoms with Crippen LogP contribution in [-0.2, 0) is 21.2 Å². The summed E-state index contributed by atoms with van der Waals surface area (Å²) in [6, 6.07) is 14.9. The zero-order valence-corrected chi connectivity index (χ0v) is 23.2. The van der Waals surface area contributed by atoms with Gasteiger partial charge in [-0.1, -0.05) is 61.0 Å². The fourth-order valence-corrected chi connectivity index (χ4v) is 6.07. The summed E-state index contributed by atoms with van der Waals surface area (Å²) in [6.07, 6.45) is 0.825. The van der Waals surface area contributed by atoms with E-state index in [1.165, 1.54) is 0 Å². The van der Waals surface area contributed by atoms with E-state index in [-0.39, 0.29) is 17.3 Å². The summed E-state index contributed by atoms with van der Waals surface area (Å²) >= 11 is 0. The Bertz CT molecular complexity index is 1410. The minimum absolute atomic E-state index is 0.0168. The molecule has 3 aromatic rings. The van der Waals surface area contributed by atoms with Crippen LogP contribution in [0.25, 0.3) is 11.1 Å². The van der Waals surface area contributed by atoms with Crippen LogP contribution in [-0.4, -0.2) is 38.1 Å². The van der Waals surface area contributed by atoms with E-state index in [9.17, 15) is 23.1 Å². The largest absolute Gasteiger partial charge is 0.480 e. The first-order valence-corrected chi connectivity index (χ1v) is 14.0. The van der Waals surface area contributed by atoms with Gasteiger partial charge in [-0.15, -0.1) is 0 Å². The third-order valence-electron chi connectivity index (χ3n) is 6.22. The van der Waals surface area contributed by atoms with Gasteiger partial charge >= 0.3 is 12.0 Å². The van der Waals surface area contributed by atoms with Crippen molar-refractivity contribution < 1.29 is 23.1 Å². The molecule has 1 atom stereocenters. The summed E-state index contributed by atoms with van der Waals surface area (Å²) in [5.41, 5.74) is 6.13. The Morgan fingerprint density at radius 3 is 2.05 bits per heavy atom. The lowest BCUT2D eigenvalue weighted by molar-refractivity contribution is -0.138. The molecule has 0 bridgehead atoms. The van der Waals surface area contributed by atoms with Crippen molar-refractivity contribution in [3.8, 4) is 11.1 Å². The van der Waals surface area contributed by atoms with Gasteiger partial charge in [0, 0.05) is 12.2 Å². The van der Waals surface area contributed by atoms with Crippen molar-refractivity contribution in [2.75, 3.05) is 11.9 Å². The zero-order valence-electron chi connectivity index (χ0n) is 22.4. The maximum atomic E-state index is 13.1. The Morgan fingerprint density at radius 1 is 0.868 bits per heavy atom. The second kappa shape index (κ2) is 12.2. The monoisotopic (exact) mass is 537 g/mol. The zero-order chi connectivity index (χ0) is 28.0. The van der Waals surface area contributed by atoms with E-state index in [4.69, 9.17) is 0 Å². The summed E-state index contributed by atoms with van der Waals surface area (Å²) in [5.74, 6) is -1.25. The number of anilines is 1. The molecule has 3 aromatic carbocycles. The minimum atomic E-state index is -4.05. The molecule has 0 saturated heterocycles. The molecule has 0 saturated carbocycles. The van der Waals surface area contributed by atoms with Gasteiger partial charge in [0.2, 0.25) is 10.0 Å². The smallest absolute Gasteiger partial charge is 0.322 e. The Kier molecular flexibility index (Phi) is 9.30. The van der Waals surface area contributed by atoms with Crippen LogP contribution in [0.5, 0.6) is 0 Å². The second-order valence-corrected chi connectivity index (χ2v) is 11.2. The lowest BCUT2D eigenvalue weighted by Gasteiger charge is -2.18. The Balaban J connectivity index is 1.78. The number of hydrogen-bond donors (Lipinski definition) is 4. The summed E-state index contributed by atoms with van der Waals surface area (Å²) in [4.78, 5) is 24.2. The van der Waals surface area contributed by atoms with E-state index in [0.29, 0.717) is 28.9 Å². The van der Waals surface area contributed by atoms with Gasteiger partial charge in [0.05, 0.1) is 4.90 Å². The lowest BCUT2D eigenvalue weighted by atomic mass is 9.99. The molecule has 9 heteroatoms. The van der Waals surface area contributed by atoms with Crippen LogP contribution in [0.1, 0.15) is 41.2 Å². The molecule has 0 radical (unpaired) electrons. The molecule has 0 aliphatic carbocycles. The van der Waals surface area contributed by atoms with Gasteiger partial charge in [-0.2, -0.15) is 4.72 Å². The number of aliphatic carboxylic acids is 1. The van der Waals surface area contributed by atoms with Crippen LogP contribution in [0.4, 0.5) is 10.5 Å². The van der Waals surface area contributed by atoms with E-state index in [1.807, 2.05) is 51.1 Å². The number of amides is 2. The fourth-order valence-electron chi connectivity index (χ4n) is 4.43. The minimum Gasteiger partial charge on any atom is -0.480 e. The maximum Gasteiger partial charge on any atom is 0.322 e. The van der Waals surface area contributed by atoms with E-state index < -0.39 is 22.0 Å². The number of aryl methyl sites for hydroxylation is 4. The predicted octanol–water partition coefficient (Wildman–Crippen LogP) is 5.09. The normalized spacial score (nSPS) is 12.1. The summed E-state index contributed by atoms with van der Waals surface area (Å²) in [6.45, 7) is 9.76. The Morgan fingerprint density at radius 2 is 1.47 bits per heavy atom. The third kappa shape index (κ3) is 7.20. The first-order chi connectivity index (χ1) is 17.9. The number of carboxylic acid groups (broad SMARTS) is 1. The molecule has 0 unspecified atom stereocenters. The Hall–Kier alpha value is -3.69. The number of benzene rings is 3. The number of rotatable bonds is 10. The molecular formula is C29H35N3O5S. The van der Waals surface area contributed by atoms with Gasteiger partial charge in [0.1, 0.15) is 6.04 Å². The van der Waals surface area contributed by atoms with Crippen molar-refractivity contribution in [3.63, 3.8) is 0 Å². The number of hydrogen-bond acceptors (Lipinski definition) is 4. The molecule has 0 aliphatic rings. The summed E-state index contributed by atoms with van der Waals surface area (Å²) < 4.78 is 28.6. The van der Waals surface area contributed by atoms with Crippen molar-refractivity contribution in [1.82, 2.24) is 10.0 Å². The van der Waals surface area contributed by atoms with Crippen molar-refractivity contribution >= 4 is 27.7 Å². The fraction of sp³-hybridized carbons (Fsp3) is 0.310. The number of sulfonamides is 1. The van der Waals surface area contributed by atoms with Gasteiger partial charge in [-0.05, 0) is 80.0 Å². The topological polar surface area (TPSA) is 125 Å². The molecular weight excluding hydrogens is 502 g/mol. The highest BCUT2D eigenvalue weighted by Crippen LogP contribution is 2.27. The molecule has 0 spiro atoms. The predicted molar refractivity (Wildman–Crippen MR) is 150 cm³/mol. The molecule has 38 heavy (non-hydrogen) atoms. The molecule has 0 aliphatic heterocycles. The summed E-state index contributed by atoms with van der Waals surface area (Å²) in [7, 11) is -4.05. The molecule has 2 amide bonds. The van der Waals surface area contributed by atoms with Crippen LogP contribution in [0.15, 0.2) is 59.5 Å². The molecule has 0 heterocycles. The highest BCUT2D eigenvalue weighted by atomic mass is 32.2. The quantitative estimate of drug-likeness (QED) is 0.287. The van der Waals surface area contributed by atoms with Gasteiger partial charge in [-0.3, -0.25) is 4.79 Å². The van der Waals surface area contributed by atoms with E-state index in [0.717, 1.165) is 28.7 Å². The average Bonchev–Trinajstić information content (AvgIpc) is 2.83. The SMILES string of the molecule is CCCNC(=O)Nc1cc(-c2ccc(C[C@@H](NS(=O)(=O)c3c(C)cc(C)cc3C)C(=O)O)cc2)ccc1C. The van der Waals surface area contributed by atoms with Gasteiger partial charge in [0.15, 0.2) is 0 Å². The second-order valence-electron chi connectivity index (χ2n) is 9.55. The molecule has 0 fully saturated rings. The third-order valence-corrected chi connectivity index (χ3v) is 7.99. The number of nitrogens with one attached hydrogen (secondary N) is 3. The number of urea groups is 1. The van der Waals surface area contributed by atoms with E-state index in [1.54, 1.807) is 38.1 Å². The number of carboxylic acids is 1. The molecule has 202 valence electrons. The van der Waals surface area contributed by atoms with Crippen LogP contribution < -0.4 is 15.4 Å². The van der Waals surface area contributed by atoms with Crippen LogP contribution >= 0.6 is 0 Å². The molecule has 4 N–H and O–H groups in total. The lowest BCUT2D eigenvalue weighted by Crippen LogP contribution is -2.42. The van der Waals surface area contributed by atoms with Crippen molar-refractivity contribution in [1.29, 1.82) is 0 Å². The molecule has 8 nitrogen and oxygen atoms in total. The van der Waals surface area contributed by atoms with E-state index in [2.05, 4.69) is 15.4 Å². The van der Waals surface area contributed by atoms with Gasteiger partial charge in [-0.25, -0.2) is 13.2 Å². The molecule has 3 rings (SSSR count). The number of carbonyl (C=O) groups excluding carboxylic acids is 1. The maximum absolute atomic E-state index is 13.1. The van der Waals surface area contributed by atoms with Gasteiger partial charge < -0.3 is 15.7 Å². The first-order valence-electron chi connectivity index (χ1n) is 12.5. The highest BCUT2D eigenvalue weighted by Gasteiger charge is 2.28. The van der Waals surface area contributed by atoms with Crippen LogP contribution in [0.2, 0.25) is 0 Å². The number of carbonyl (C=O) groups is 2. The molecule has 0 aromatic heterocycles. The average molecular weight is 538 g/mol. The standard InChI is InChI=1S/C29H35N3O5S/c1-6-13-30-29(35)31-25-17-24(10-7-19(25)3)23-11-8-22(9-12-23)16-26(28(33)34)32-38(36,37)27-20(4)14-18(2)15-21(27)5/h7-12,14-15,17,26,32H,6,13,16H2,1-5H3,(H,33,34)(H2,30,31,35)/t26-/m1/s1.